The molecule has 21 heavy (non-hydrogen) atoms. The first-order chi connectivity index (χ1) is 9.93. The summed E-state index contributed by atoms with van der Waals surface area (Å²) in [7, 11) is 0. The summed E-state index contributed by atoms with van der Waals surface area (Å²) in [5.41, 5.74) is -0.0174. The highest BCUT2D eigenvalue weighted by Crippen LogP contribution is 2.29. The van der Waals surface area contributed by atoms with E-state index in [0.29, 0.717) is 13.2 Å². The summed E-state index contributed by atoms with van der Waals surface area (Å²) in [4.78, 5) is 17.6. The van der Waals surface area contributed by atoms with Crippen LogP contribution in [0.5, 0.6) is 0 Å². The third-order valence-corrected chi connectivity index (χ3v) is 5.00. The van der Waals surface area contributed by atoms with Gasteiger partial charge in [-0.1, -0.05) is 11.6 Å². The van der Waals surface area contributed by atoms with Crippen molar-refractivity contribution in [2.75, 3.05) is 11.9 Å². The molecule has 0 spiro atoms. The molecule has 0 fully saturated rings. The molecule has 0 radical (unpaired) electrons. The lowest BCUT2D eigenvalue weighted by Crippen LogP contribution is -2.31. The molecule has 2 heterocycles. The molecule has 0 aromatic carbocycles. The van der Waals surface area contributed by atoms with E-state index in [1.165, 1.54) is 22.7 Å². The number of thiophene rings is 1. The number of aromatic nitrogens is 1. The van der Waals surface area contributed by atoms with E-state index in [-0.39, 0.29) is 5.97 Å². The highest BCUT2D eigenvalue weighted by atomic mass is 35.5. The Labute approximate surface area is 137 Å². The monoisotopic (exact) mass is 344 g/mol. The fraction of sp³-hybridized carbons (Fsp3) is 0.429. The average molecular weight is 345 g/mol. The minimum Gasteiger partial charge on any atom is -0.465 e. The minimum atomic E-state index is -0.737. The fourth-order valence-electron chi connectivity index (χ4n) is 1.67. The predicted octanol–water partition coefficient (Wildman–Crippen LogP) is 4.31. The lowest BCUT2D eigenvalue weighted by molar-refractivity contribution is -0.148. The third-order valence-electron chi connectivity index (χ3n) is 2.97. The van der Waals surface area contributed by atoms with Gasteiger partial charge >= 0.3 is 5.97 Å². The van der Waals surface area contributed by atoms with Gasteiger partial charge in [-0.25, -0.2) is 4.98 Å². The molecular formula is C14H17ClN2O2S2. The maximum Gasteiger partial charge on any atom is 0.317 e. The van der Waals surface area contributed by atoms with Crippen LogP contribution in [0.2, 0.25) is 4.34 Å². The van der Waals surface area contributed by atoms with Crippen LogP contribution in [0.3, 0.4) is 0 Å². The van der Waals surface area contributed by atoms with Crippen molar-refractivity contribution in [1.82, 2.24) is 4.98 Å². The molecule has 2 aromatic rings. The zero-order valence-electron chi connectivity index (χ0n) is 12.1. The van der Waals surface area contributed by atoms with Crippen LogP contribution in [-0.2, 0) is 21.5 Å². The molecule has 0 aliphatic heterocycles. The van der Waals surface area contributed by atoms with Crippen LogP contribution < -0.4 is 5.32 Å². The molecule has 0 aliphatic carbocycles. The van der Waals surface area contributed by atoms with Gasteiger partial charge in [-0.15, -0.1) is 22.7 Å². The lowest BCUT2D eigenvalue weighted by Gasteiger charge is -2.19. The highest BCUT2D eigenvalue weighted by Gasteiger charge is 2.33. The van der Waals surface area contributed by atoms with Crippen molar-refractivity contribution in [2.45, 2.75) is 32.7 Å². The zero-order valence-corrected chi connectivity index (χ0v) is 14.5. The van der Waals surface area contributed by atoms with Crippen LogP contribution in [0.15, 0.2) is 17.5 Å². The van der Waals surface area contributed by atoms with Crippen LogP contribution >= 0.6 is 34.3 Å². The van der Waals surface area contributed by atoms with E-state index in [1.54, 1.807) is 6.92 Å². The third kappa shape index (κ3) is 3.96. The maximum absolute atomic E-state index is 12.0. The Hall–Kier alpha value is -1.11. The van der Waals surface area contributed by atoms with Crippen molar-refractivity contribution in [3.05, 3.63) is 32.4 Å². The second-order valence-electron chi connectivity index (χ2n) is 4.94. The molecule has 0 saturated carbocycles. The average Bonchev–Trinajstić information content (AvgIpc) is 3.05. The zero-order chi connectivity index (χ0) is 15.5. The molecular weight excluding hydrogens is 328 g/mol. The SMILES string of the molecule is CCOC(=O)C(C)(C)c1csc(NCc2ccc(Cl)s2)n1. The van der Waals surface area contributed by atoms with Crippen molar-refractivity contribution in [1.29, 1.82) is 0 Å². The summed E-state index contributed by atoms with van der Waals surface area (Å²) in [5.74, 6) is -0.258. The second-order valence-corrected chi connectivity index (χ2v) is 7.60. The molecule has 4 nitrogen and oxygen atoms in total. The molecule has 0 atom stereocenters. The Bertz CT molecular complexity index is 622. The number of nitrogens with one attached hydrogen (secondary N) is 1. The molecule has 0 unspecified atom stereocenters. The Kier molecular flexibility index (Phi) is 5.24. The first-order valence-electron chi connectivity index (χ1n) is 6.54. The molecule has 1 N–H and O–H groups in total. The number of rotatable bonds is 6. The number of nitrogens with zero attached hydrogens (tertiary/aromatic N) is 1. The smallest absolute Gasteiger partial charge is 0.317 e. The van der Waals surface area contributed by atoms with Crippen LogP contribution in [0.25, 0.3) is 0 Å². The summed E-state index contributed by atoms with van der Waals surface area (Å²) in [6.45, 7) is 6.49. The number of thiazole rings is 1. The molecule has 114 valence electrons. The predicted molar refractivity (Wildman–Crippen MR) is 88.4 cm³/mol. The molecule has 0 saturated heterocycles. The van der Waals surface area contributed by atoms with Crippen molar-refractivity contribution < 1.29 is 9.53 Å². The maximum atomic E-state index is 12.0. The van der Waals surface area contributed by atoms with E-state index < -0.39 is 5.41 Å². The summed E-state index contributed by atoms with van der Waals surface area (Å²) >= 11 is 8.91. The van der Waals surface area contributed by atoms with E-state index in [9.17, 15) is 4.79 Å². The number of hydrogen-bond donors (Lipinski definition) is 1. The summed E-state index contributed by atoms with van der Waals surface area (Å²) < 4.78 is 5.87. The number of halogens is 1. The van der Waals surface area contributed by atoms with Gasteiger partial charge in [-0.3, -0.25) is 4.79 Å². The van der Waals surface area contributed by atoms with Gasteiger partial charge in [0.25, 0.3) is 0 Å². The van der Waals surface area contributed by atoms with Crippen LogP contribution in [0.1, 0.15) is 31.3 Å². The van der Waals surface area contributed by atoms with Gasteiger partial charge in [-0.05, 0) is 32.9 Å². The Morgan fingerprint density at radius 2 is 2.24 bits per heavy atom. The van der Waals surface area contributed by atoms with Crippen LogP contribution in [-0.4, -0.2) is 17.6 Å². The standard InChI is InChI=1S/C14H17ClN2O2S2/c1-4-19-12(18)14(2,3)10-8-20-13(17-10)16-7-9-5-6-11(15)21-9/h5-6,8H,4,7H2,1-3H3,(H,16,17). The highest BCUT2D eigenvalue weighted by molar-refractivity contribution is 7.16. The fourth-order valence-corrected chi connectivity index (χ4v) is 3.57. The summed E-state index contributed by atoms with van der Waals surface area (Å²) in [5, 5.41) is 5.92. The molecule has 0 bridgehead atoms. The topological polar surface area (TPSA) is 51.2 Å². The Morgan fingerprint density at radius 3 is 2.86 bits per heavy atom. The number of carbonyl (C=O) groups is 1. The number of carbonyl (C=O) groups excluding carboxylic acids is 1. The van der Waals surface area contributed by atoms with Crippen molar-refractivity contribution >= 4 is 45.4 Å². The Morgan fingerprint density at radius 1 is 1.48 bits per heavy atom. The Balaban J connectivity index is 2.02. The van der Waals surface area contributed by atoms with Gasteiger partial charge in [0.1, 0.15) is 5.41 Å². The van der Waals surface area contributed by atoms with Gasteiger partial charge < -0.3 is 10.1 Å². The van der Waals surface area contributed by atoms with Gasteiger partial charge in [0.05, 0.1) is 23.2 Å². The van der Waals surface area contributed by atoms with Crippen molar-refractivity contribution in [3.8, 4) is 0 Å². The number of anilines is 1. The summed E-state index contributed by atoms with van der Waals surface area (Å²) in [6.07, 6.45) is 0. The lowest BCUT2D eigenvalue weighted by atomic mass is 9.90. The van der Waals surface area contributed by atoms with Gasteiger partial charge in [0.2, 0.25) is 0 Å². The molecule has 2 aromatic heterocycles. The number of ether oxygens (including phenoxy) is 1. The van der Waals surface area contributed by atoms with Crippen LogP contribution in [0.4, 0.5) is 5.13 Å². The minimum absolute atomic E-state index is 0.258. The van der Waals surface area contributed by atoms with Gasteiger partial charge in [-0.2, -0.15) is 0 Å². The van der Waals surface area contributed by atoms with E-state index in [4.69, 9.17) is 16.3 Å². The number of hydrogen-bond acceptors (Lipinski definition) is 6. The van der Waals surface area contributed by atoms with Gasteiger partial charge in [0.15, 0.2) is 5.13 Å². The quantitative estimate of drug-likeness (QED) is 0.793. The van der Waals surface area contributed by atoms with E-state index in [2.05, 4.69) is 10.3 Å². The van der Waals surface area contributed by atoms with Gasteiger partial charge in [0, 0.05) is 10.3 Å². The molecule has 0 amide bonds. The largest absolute Gasteiger partial charge is 0.465 e. The summed E-state index contributed by atoms with van der Waals surface area (Å²) in [6, 6.07) is 3.86. The first kappa shape index (κ1) is 16.3. The van der Waals surface area contributed by atoms with Crippen molar-refractivity contribution in [3.63, 3.8) is 0 Å². The van der Waals surface area contributed by atoms with E-state index in [0.717, 1.165) is 20.0 Å². The van der Waals surface area contributed by atoms with Crippen molar-refractivity contribution in [2.24, 2.45) is 0 Å². The van der Waals surface area contributed by atoms with Crippen LogP contribution in [0, 0.1) is 0 Å². The molecule has 0 aliphatic rings. The van der Waals surface area contributed by atoms with E-state index in [1.807, 2.05) is 31.4 Å². The normalized spacial score (nSPS) is 11.4. The molecule has 2 rings (SSSR count). The second kappa shape index (κ2) is 6.77. The number of esters is 1. The first-order valence-corrected chi connectivity index (χ1v) is 8.62. The van der Waals surface area contributed by atoms with E-state index >= 15 is 0 Å². The molecule has 7 heteroatoms.